The maximum Gasteiger partial charge on any atom is 0.247 e. The lowest BCUT2D eigenvalue weighted by atomic mass is 10.0. The van der Waals surface area contributed by atoms with Gasteiger partial charge in [-0.25, -0.2) is 8.42 Å². The Hall–Kier alpha value is -1.90. The molecule has 0 fully saturated rings. The SMILES string of the molecule is CC(=O)N(C)C[C@@H]1Oc2cc(C3=CCCC3)ccc2S(=O)(=O)N([C@@H](C)CO)C[C@H]1C. The van der Waals surface area contributed by atoms with Crippen LogP contribution in [0.3, 0.4) is 0 Å². The van der Waals surface area contributed by atoms with Crippen LogP contribution in [0.15, 0.2) is 29.2 Å². The van der Waals surface area contributed by atoms with Crippen LogP contribution in [0.1, 0.15) is 45.6 Å². The number of allylic oxidation sites excluding steroid dienone is 2. The third kappa shape index (κ3) is 4.55. The number of hydrogen-bond donors (Lipinski definition) is 1. The Morgan fingerprint density at radius 1 is 1.40 bits per heavy atom. The standard InChI is InChI=1S/C22H32N2O5S/c1-15-12-24(16(2)14-25)30(27,28)22-10-9-19(18-7-5-6-8-18)11-20(22)29-21(15)13-23(4)17(3)26/h7,9-11,15-16,21,25H,5-6,8,12-14H2,1-4H3/t15-,16+,21+/m1/s1. The van der Waals surface area contributed by atoms with Crippen LogP contribution in [0, 0.1) is 5.92 Å². The van der Waals surface area contributed by atoms with Crippen molar-refractivity contribution in [3.63, 3.8) is 0 Å². The van der Waals surface area contributed by atoms with E-state index in [4.69, 9.17) is 4.74 Å². The van der Waals surface area contributed by atoms with Crippen LogP contribution >= 0.6 is 0 Å². The number of benzene rings is 1. The van der Waals surface area contributed by atoms with Crippen LogP contribution in [-0.4, -0.2) is 67.5 Å². The summed E-state index contributed by atoms with van der Waals surface area (Å²) in [5.74, 6) is 0.0492. The predicted molar refractivity (Wildman–Crippen MR) is 116 cm³/mol. The van der Waals surface area contributed by atoms with Crippen LogP contribution in [0.5, 0.6) is 5.75 Å². The summed E-state index contributed by atoms with van der Waals surface area (Å²) in [6.07, 6.45) is 4.89. The number of carbonyl (C=O) groups is 1. The lowest BCUT2D eigenvalue weighted by Crippen LogP contribution is -2.50. The number of sulfonamides is 1. The second kappa shape index (κ2) is 9.08. The molecule has 1 aromatic carbocycles. The zero-order valence-electron chi connectivity index (χ0n) is 18.2. The molecule has 2 aliphatic rings. The molecule has 0 saturated heterocycles. The highest BCUT2D eigenvalue weighted by Gasteiger charge is 2.38. The maximum atomic E-state index is 13.4. The number of hydrogen-bond acceptors (Lipinski definition) is 5. The van der Waals surface area contributed by atoms with Crippen LogP contribution < -0.4 is 4.74 Å². The zero-order chi connectivity index (χ0) is 22.1. The van der Waals surface area contributed by atoms with E-state index in [-0.39, 0.29) is 36.0 Å². The third-order valence-corrected chi connectivity index (χ3v) is 8.09. The smallest absolute Gasteiger partial charge is 0.247 e. The summed E-state index contributed by atoms with van der Waals surface area (Å²) in [6.45, 7) is 5.39. The number of amides is 1. The van der Waals surface area contributed by atoms with Gasteiger partial charge in [-0.1, -0.05) is 19.1 Å². The molecule has 7 nitrogen and oxygen atoms in total. The molecular weight excluding hydrogens is 404 g/mol. The van der Waals surface area contributed by atoms with Gasteiger partial charge in [0.05, 0.1) is 13.2 Å². The van der Waals surface area contributed by atoms with Crippen molar-refractivity contribution in [3.8, 4) is 5.75 Å². The average Bonchev–Trinajstić information content (AvgIpc) is 3.24. The number of fused-ring (bicyclic) bond motifs is 1. The molecule has 1 heterocycles. The molecule has 1 N–H and O–H groups in total. The first-order valence-corrected chi connectivity index (χ1v) is 11.9. The van der Waals surface area contributed by atoms with Gasteiger partial charge < -0.3 is 14.7 Å². The molecule has 0 saturated carbocycles. The zero-order valence-corrected chi connectivity index (χ0v) is 19.0. The van der Waals surface area contributed by atoms with Gasteiger partial charge >= 0.3 is 0 Å². The molecule has 3 rings (SSSR count). The molecule has 0 unspecified atom stereocenters. The summed E-state index contributed by atoms with van der Waals surface area (Å²) < 4.78 is 34.5. The first-order valence-electron chi connectivity index (χ1n) is 10.5. The van der Waals surface area contributed by atoms with Crippen molar-refractivity contribution in [1.29, 1.82) is 0 Å². The van der Waals surface area contributed by atoms with E-state index in [1.165, 1.54) is 16.8 Å². The second-order valence-corrected chi connectivity index (χ2v) is 10.3. The van der Waals surface area contributed by atoms with Gasteiger partial charge in [-0.05, 0) is 49.5 Å². The Balaban J connectivity index is 2.09. The lowest BCUT2D eigenvalue weighted by molar-refractivity contribution is -0.129. The Bertz CT molecular complexity index is 927. The Labute approximate surface area is 179 Å². The Kier molecular flexibility index (Phi) is 6.89. The van der Waals surface area contributed by atoms with Crippen molar-refractivity contribution in [2.24, 2.45) is 5.92 Å². The first-order chi connectivity index (χ1) is 14.1. The minimum atomic E-state index is -3.85. The van der Waals surface area contributed by atoms with Crippen molar-refractivity contribution in [1.82, 2.24) is 9.21 Å². The van der Waals surface area contributed by atoms with Gasteiger partial charge in [0.25, 0.3) is 0 Å². The van der Waals surface area contributed by atoms with Crippen LogP contribution in [0.25, 0.3) is 5.57 Å². The normalized spacial score (nSPS) is 24.8. The quantitative estimate of drug-likeness (QED) is 0.766. The first kappa shape index (κ1) is 22.8. The van der Waals surface area contributed by atoms with E-state index >= 15 is 0 Å². The van der Waals surface area contributed by atoms with Gasteiger partial charge in [0.1, 0.15) is 16.7 Å². The molecule has 166 valence electrons. The van der Waals surface area contributed by atoms with Crippen molar-refractivity contribution >= 4 is 21.5 Å². The topological polar surface area (TPSA) is 87.2 Å². The Morgan fingerprint density at radius 2 is 2.13 bits per heavy atom. The van der Waals surface area contributed by atoms with Gasteiger partial charge in [-0.2, -0.15) is 4.31 Å². The predicted octanol–water partition coefficient (Wildman–Crippen LogP) is 2.50. The fourth-order valence-corrected chi connectivity index (χ4v) is 5.80. The lowest BCUT2D eigenvalue weighted by Gasteiger charge is -2.37. The molecule has 1 amide bonds. The molecule has 30 heavy (non-hydrogen) atoms. The van der Waals surface area contributed by atoms with E-state index in [2.05, 4.69) is 6.08 Å². The molecular formula is C22H32N2O5S. The van der Waals surface area contributed by atoms with Crippen molar-refractivity contribution in [3.05, 3.63) is 29.8 Å². The van der Waals surface area contributed by atoms with Gasteiger partial charge in [0.2, 0.25) is 15.9 Å². The van der Waals surface area contributed by atoms with Crippen molar-refractivity contribution in [2.75, 3.05) is 26.7 Å². The molecule has 0 bridgehead atoms. The number of likely N-dealkylation sites (N-methyl/N-ethyl adjacent to an activating group) is 1. The number of carbonyl (C=O) groups excluding carboxylic acids is 1. The molecule has 0 aromatic heterocycles. The average molecular weight is 437 g/mol. The van der Waals surface area contributed by atoms with E-state index in [0.717, 1.165) is 24.8 Å². The van der Waals surface area contributed by atoms with E-state index in [1.807, 2.05) is 19.1 Å². The largest absolute Gasteiger partial charge is 0.487 e. The van der Waals surface area contributed by atoms with Gasteiger partial charge in [-0.3, -0.25) is 4.79 Å². The minimum Gasteiger partial charge on any atom is -0.487 e. The van der Waals surface area contributed by atoms with Crippen molar-refractivity contribution < 1.29 is 23.1 Å². The number of ether oxygens (including phenoxy) is 1. The Morgan fingerprint density at radius 3 is 2.73 bits per heavy atom. The minimum absolute atomic E-state index is 0.0776. The molecule has 0 radical (unpaired) electrons. The van der Waals surface area contributed by atoms with Gasteiger partial charge in [0.15, 0.2) is 0 Å². The third-order valence-electron chi connectivity index (χ3n) is 6.07. The molecule has 8 heteroatoms. The summed E-state index contributed by atoms with van der Waals surface area (Å²) in [7, 11) is -2.14. The summed E-state index contributed by atoms with van der Waals surface area (Å²) in [5, 5.41) is 9.69. The highest BCUT2D eigenvalue weighted by molar-refractivity contribution is 7.89. The summed E-state index contributed by atoms with van der Waals surface area (Å²) in [5.41, 5.74) is 2.17. The van der Waals surface area contributed by atoms with Crippen molar-refractivity contribution in [2.45, 2.75) is 57.1 Å². The highest BCUT2D eigenvalue weighted by atomic mass is 32.2. The van der Waals surface area contributed by atoms with Crippen LogP contribution in [0.2, 0.25) is 0 Å². The molecule has 1 aromatic rings. The molecule has 1 aliphatic heterocycles. The molecule has 3 atom stereocenters. The number of nitrogens with zero attached hydrogens (tertiary/aromatic N) is 2. The highest BCUT2D eigenvalue weighted by Crippen LogP contribution is 2.37. The van der Waals surface area contributed by atoms with Crippen LogP contribution in [0.4, 0.5) is 0 Å². The van der Waals surface area contributed by atoms with Crippen LogP contribution in [-0.2, 0) is 14.8 Å². The van der Waals surface area contributed by atoms with E-state index in [0.29, 0.717) is 12.3 Å². The van der Waals surface area contributed by atoms with E-state index in [1.54, 1.807) is 24.9 Å². The fraction of sp³-hybridized carbons (Fsp3) is 0.591. The van der Waals surface area contributed by atoms with Gasteiger partial charge in [0, 0.05) is 32.5 Å². The fourth-order valence-electron chi connectivity index (χ4n) is 3.97. The van der Waals surface area contributed by atoms with E-state index in [9.17, 15) is 18.3 Å². The summed E-state index contributed by atoms with van der Waals surface area (Å²) >= 11 is 0. The second-order valence-electron chi connectivity index (χ2n) is 8.42. The summed E-state index contributed by atoms with van der Waals surface area (Å²) in [4.78, 5) is 13.5. The number of aliphatic hydroxyl groups is 1. The monoisotopic (exact) mass is 436 g/mol. The summed E-state index contributed by atoms with van der Waals surface area (Å²) in [6, 6.07) is 4.69. The molecule has 0 spiro atoms. The van der Waals surface area contributed by atoms with Gasteiger partial charge in [-0.15, -0.1) is 0 Å². The number of aliphatic hydroxyl groups excluding tert-OH is 1. The van der Waals surface area contributed by atoms with E-state index < -0.39 is 16.1 Å². The molecule has 1 aliphatic carbocycles. The number of rotatable bonds is 5. The maximum absolute atomic E-state index is 13.4.